The number of nitrogens with zero attached hydrogens (tertiary/aromatic N) is 5. The Morgan fingerprint density at radius 1 is 1.14 bits per heavy atom. The lowest BCUT2D eigenvalue weighted by molar-refractivity contribution is 0.122. The fourth-order valence-electron chi connectivity index (χ4n) is 2.45. The number of anilines is 2. The zero-order valence-corrected chi connectivity index (χ0v) is 11.8. The molecule has 0 saturated carbocycles. The molecule has 3 aromatic rings. The number of hydrogen-bond acceptors (Lipinski definition) is 8. The van der Waals surface area contributed by atoms with E-state index < -0.39 is 0 Å². The summed E-state index contributed by atoms with van der Waals surface area (Å²) < 4.78 is 10.8. The van der Waals surface area contributed by atoms with Crippen molar-refractivity contribution in [3.63, 3.8) is 0 Å². The quantitative estimate of drug-likeness (QED) is 0.750. The molecule has 0 spiro atoms. The van der Waals surface area contributed by atoms with Crippen LogP contribution in [0, 0.1) is 0 Å². The van der Waals surface area contributed by atoms with Gasteiger partial charge < -0.3 is 19.8 Å². The van der Waals surface area contributed by atoms with Gasteiger partial charge in [-0.25, -0.2) is 9.97 Å². The van der Waals surface area contributed by atoms with Gasteiger partial charge in [0.25, 0.3) is 0 Å². The second-order valence-corrected chi connectivity index (χ2v) is 4.91. The Morgan fingerprint density at radius 3 is 2.77 bits per heavy atom. The first-order valence-corrected chi connectivity index (χ1v) is 6.98. The van der Waals surface area contributed by atoms with Crippen LogP contribution in [0.15, 0.2) is 29.0 Å². The number of ether oxygens (including phenoxy) is 1. The largest absolute Gasteiger partial charge is 0.463 e. The van der Waals surface area contributed by atoms with Gasteiger partial charge in [-0.05, 0) is 12.1 Å². The van der Waals surface area contributed by atoms with Gasteiger partial charge in [0.2, 0.25) is 5.95 Å². The first kappa shape index (κ1) is 13.0. The Balaban J connectivity index is 1.87. The minimum atomic E-state index is 0.189. The van der Waals surface area contributed by atoms with Crippen LogP contribution in [0.25, 0.3) is 22.6 Å². The lowest BCUT2D eigenvalue weighted by Gasteiger charge is -2.28. The number of morpholine rings is 1. The third kappa shape index (κ3) is 2.23. The van der Waals surface area contributed by atoms with Gasteiger partial charge in [0.05, 0.1) is 25.7 Å². The van der Waals surface area contributed by atoms with Crippen molar-refractivity contribution in [2.45, 2.75) is 0 Å². The summed E-state index contributed by atoms with van der Waals surface area (Å²) in [4.78, 5) is 19.6. The SMILES string of the molecule is Nc1nc(N2CCOCC2)c2nc(-c3ccco3)cnc2n1. The van der Waals surface area contributed by atoms with Gasteiger partial charge in [-0.1, -0.05) is 0 Å². The predicted molar refractivity (Wildman–Crippen MR) is 80.3 cm³/mol. The van der Waals surface area contributed by atoms with Gasteiger partial charge in [-0.15, -0.1) is 0 Å². The number of furan rings is 1. The van der Waals surface area contributed by atoms with Crippen molar-refractivity contribution in [1.82, 2.24) is 19.9 Å². The molecule has 1 saturated heterocycles. The summed E-state index contributed by atoms with van der Waals surface area (Å²) in [7, 11) is 0. The molecule has 8 heteroatoms. The Hall–Kier alpha value is -2.74. The minimum absolute atomic E-state index is 0.189. The Bertz CT molecular complexity index is 798. The molecular formula is C14H14N6O2. The van der Waals surface area contributed by atoms with Crippen molar-refractivity contribution in [2.24, 2.45) is 0 Å². The second kappa shape index (κ2) is 5.23. The Labute approximate surface area is 126 Å². The van der Waals surface area contributed by atoms with Gasteiger partial charge in [-0.3, -0.25) is 0 Å². The average Bonchev–Trinajstić information content (AvgIpc) is 3.09. The smallest absolute Gasteiger partial charge is 0.224 e. The Kier molecular flexibility index (Phi) is 3.08. The molecule has 8 nitrogen and oxygen atoms in total. The summed E-state index contributed by atoms with van der Waals surface area (Å²) in [6.07, 6.45) is 3.22. The predicted octanol–water partition coefficient (Wildman–Crippen LogP) is 1.10. The molecule has 22 heavy (non-hydrogen) atoms. The minimum Gasteiger partial charge on any atom is -0.463 e. The first-order valence-electron chi connectivity index (χ1n) is 6.98. The van der Waals surface area contributed by atoms with Crippen molar-refractivity contribution >= 4 is 22.9 Å². The second-order valence-electron chi connectivity index (χ2n) is 4.91. The number of fused-ring (bicyclic) bond motifs is 1. The summed E-state index contributed by atoms with van der Waals surface area (Å²) >= 11 is 0. The molecule has 0 atom stereocenters. The molecule has 0 radical (unpaired) electrons. The molecule has 2 N–H and O–H groups in total. The molecule has 0 unspecified atom stereocenters. The van der Waals surface area contributed by atoms with Crippen LogP contribution in [0.5, 0.6) is 0 Å². The van der Waals surface area contributed by atoms with E-state index in [4.69, 9.17) is 14.9 Å². The first-order chi connectivity index (χ1) is 10.8. The Morgan fingerprint density at radius 2 is 2.00 bits per heavy atom. The van der Waals surface area contributed by atoms with Gasteiger partial charge in [0, 0.05) is 13.1 Å². The number of aromatic nitrogens is 4. The van der Waals surface area contributed by atoms with Crippen molar-refractivity contribution < 1.29 is 9.15 Å². The molecule has 1 aliphatic rings. The van der Waals surface area contributed by atoms with Crippen molar-refractivity contribution in [1.29, 1.82) is 0 Å². The standard InChI is InChI=1S/C14H14N6O2/c15-14-18-12-11(13(19-14)20-3-6-21-7-4-20)17-9(8-16-12)10-2-1-5-22-10/h1-2,5,8H,3-4,6-7H2,(H2,15,16,18,19). The third-order valence-corrected chi connectivity index (χ3v) is 3.49. The lowest BCUT2D eigenvalue weighted by Crippen LogP contribution is -2.37. The van der Waals surface area contributed by atoms with E-state index in [1.54, 1.807) is 12.5 Å². The van der Waals surface area contributed by atoms with Crippen LogP contribution in [0.2, 0.25) is 0 Å². The summed E-state index contributed by atoms with van der Waals surface area (Å²) in [6.45, 7) is 2.77. The fraction of sp³-hybridized carbons (Fsp3) is 0.286. The average molecular weight is 298 g/mol. The van der Waals surface area contributed by atoms with Crippen LogP contribution >= 0.6 is 0 Å². The molecule has 112 valence electrons. The van der Waals surface area contributed by atoms with Gasteiger partial charge in [-0.2, -0.15) is 9.97 Å². The molecule has 4 rings (SSSR count). The van der Waals surface area contributed by atoms with E-state index in [-0.39, 0.29) is 5.95 Å². The third-order valence-electron chi connectivity index (χ3n) is 3.49. The van der Waals surface area contributed by atoms with Crippen molar-refractivity contribution in [3.05, 3.63) is 24.6 Å². The molecule has 3 aromatic heterocycles. The monoisotopic (exact) mass is 298 g/mol. The molecule has 0 amide bonds. The van der Waals surface area contributed by atoms with Crippen LogP contribution in [0.4, 0.5) is 11.8 Å². The molecule has 0 aromatic carbocycles. The van der Waals surface area contributed by atoms with E-state index in [2.05, 4.69) is 24.8 Å². The van der Waals surface area contributed by atoms with Crippen LogP contribution < -0.4 is 10.6 Å². The normalized spacial score (nSPS) is 15.4. The number of nitrogen functional groups attached to an aromatic ring is 1. The van der Waals surface area contributed by atoms with Gasteiger partial charge in [0.1, 0.15) is 5.69 Å². The molecule has 1 aliphatic heterocycles. The highest BCUT2D eigenvalue weighted by Gasteiger charge is 2.19. The molecule has 1 fully saturated rings. The molecule has 4 heterocycles. The molecule has 0 bridgehead atoms. The van der Waals surface area contributed by atoms with Crippen molar-refractivity contribution in [3.8, 4) is 11.5 Å². The highest BCUT2D eigenvalue weighted by atomic mass is 16.5. The van der Waals surface area contributed by atoms with Crippen LogP contribution in [-0.2, 0) is 4.74 Å². The maximum Gasteiger partial charge on any atom is 0.224 e. The zero-order valence-electron chi connectivity index (χ0n) is 11.8. The number of rotatable bonds is 2. The van der Waals surface area contributed by atoms with Crippen LogP contribution in [0.3, 0.4) is 0 Å². The highest BCUT2D eigenvalue weighted by molar-refractivity contribution is 5.85. The fourth-order valence-corrected chi connectivity index (χ4v) is 2.45. The van der Waals surface area contributed by atoms with E-state index in [9.17, 15) is 0 Å². The summed E-state index contributed by atoms with van der Waals surface area (Å²) in [5.74, 6) is 1.53. The van der Waals surface area contributed by atoms with Gasteiger partial charge in [0.15, 0.2) is 22.7 Å². The summed E-state index contributed by atoms with van der Waals surface area (Å²) in [6, 6.07) is 3.64. The van der Waals surface area contributed by atoms with E-state index in [1.165, 1.54) is 0 Å². The van der Waals surface area contributed by atoms with Crippen LogP contribution in [0.1, 0.15) is 0 Å². The van der Waals surface area contributed by atoms with E-state index >= 15 is 0 Å². The highest BCUT2D eigenvalue weighted by Crippen LogP contribution is 2.25. The van der Waals surface area contributed by atoms with Crippen LogP contribution in [-0.4, -0.2) is 46.2 Å². The van der Waals surface area contributed by atoms with E-state index in [1.807, 2.05) is 12.1 Å². The topological polar surface area (TPSA) is 103 Å². The maximum atomic E-state index is 5.80. The number of nitrogens with two attached hydrogens (primary N) is 1. The molecule has 0 aliphatic carbocycles. The van der Waals surface area contributed by atoms with Crippen molar-refractivity contribution in [2.75, 3.05) is 36.9 Å². The lowest BCUT2D eigenvalue weighted by atomic mass is 10.3. The van der Waals surface area contributed by atoms with Gasteiger partial charge >= 0.3 is 0 Å². The molecular weight excluding hydrogens is 284 g/mol. The maximum absolute atomic E-state index is 5.80. The number of hydrogen-bond donors (Lipinski definition) is 1. The van der Waals surface area contributed by atoms with E-state index in [0.29, 0.717) is 41.6 Å². The summed E-state index contributed by atoms with van der Waals surface area (Å²) in [5.41, 5.74) is 7.53. The van der Waals surface area contributed by atoms with E-state index in [0.717, 1.165) is 13.1 Å². The zero-order chi connectivity index (χ0) is 14.9. The summed E-state index contributed by atoms with van der Waals surface area (Å²) in [5, 5.41) is 0.